The van der Waals surface area contributed by atoms with Crippen LogP contribution in [-0.4, -0.2) is 20.9 Å². The van der Waals surface area contributed by atoms with Gasteiger partial charge in [0, 0.05) is 5.69 Å². The number of amides is 1. The number of benzene rings is 2. The number of H-pyrrole nitrogens is 2. The Morgan fingerprint density at radius 3 is 2.46 bits per heavy atom. The lowest BCUT2D eigenvalue weighted by Gasteiger charge is -2.08. The van der Waals surface area contributed by atoms with Crippen LogP contribution in [0.5, 0.6) is 0 Å². The van der Waals surface area contributed by atoms with Crippen LogP contribution < -0.4 is 10.9 Å². The molecule has 0 saturated carbocycles. The Hall–Kier alpha value is -3.54. The van der Waals surface area contributed by atoms with Gasteiger partial charge in [-0.05, 0) is 43.7 Å². The van der Waals surface area contributed by atoms with Gasteiger partial charge in [0.15, 0.2) is 5.82 Å². The maximum absolute atomic E-state index is 12.7. The normalized spacial score (nSPS) is 10.8. The van der Waals surface area contributed by atoms with Gasteiger partial charge in [0.2, 0.25) is 0 Å². The van der Waals surface area contributed by atoms with E-state index in [4.69, 9.17) is 0 Å². The molecule has 0 radical (unpaired) electrons. The second kappa shape index (κ2) is 6.40. The van der Waals surface area contributed by atoms with Crippen molar-refractivity contribution in [2.45, 2.75) is 13.8 Å². The van der Waals surface area contributed by atoms with Crippen molar-refractivity contribution in [3.63, 3.8) is 0 Å². The minimum absolute atomic E-state index is 0.192. The van der Waals surface area contributed by atoms with Gasteiger partial charge in [-0.1, -0.05) is 30.3 Å². The lowest BCUT2D eigenvalue weighted by Crippen LogP contribution is -2.30. The molecule has 26 heavy (non-hydrogen) atoms. The highest BCUT2D eigenvalue weighted by Gasteiger charge is 2.20. The van der Waals surface area contributed by atoms with Crippen LogP contribution in [0.25, 0.3) is 22.6 Å². The quantitative estimate of drug-likeness (QED) is 0.423. The number of aromatic amines is 2. The Kier molecular flexibility index (Phi) is 3.93. The molecule has 0 unspecified atom stereocenters. The van der Waals surface area contributed by atoms with Gasteiger partial charge in [0.1, 0.15) is 0 Å². The molecule has 130 valence electrons. The van der Waals surface area contributed by atoms with Crippen LogP contribution >= 0.6 is 0 Å². The van der Waals surface area contributed by atoms with E-state index < -0.39 is 0 Å². The van der Waals surface area contributed by atoms with Gasteiger partial charge in [-0.25, -0.2) is 4.98 Å². The number of hydrogen-bond acceptors (Lipinski definition) is 3. The predicted molar refractivity (Wildman–Crippen MR) is 103 cm³/mol. The lowest BCUT2D eigenvalue weighted by atomic mass is 10.1. The number of nitrogens with one attached hydrogen (secondary N) is 4. The monoisotopic (exact) mass is 345 g/mol. The molecule has 6 nitrogen and oxygen atoms in total. The van der Waals surface area contributed by atoms with E-state index in [-0.39, 0.29) is 5.91 Å². The van der Waals surface area contributed by atoms with Gasteiger partial charge in [0.05, 0.1) is 28.0 Å². The third kappa shape index (κ3) is 2.82. The molecule has 4 rings (SSSR count). The summed E-state index contributed by atoms with van der Waals surface area (Å²) in [6.07, 6.45) is 0. The van der Waals surface area contributed by atoms with E-state index in [9.17, 15) is 4.79 Å². The Labute approximate surface area is 150 Å². The van der Waals surface area contributed by atoms with Crippen LogP contribution in [0.15, 0.2) is 54.6 Å². The molecule has 0 aliphatic heterocycles. The number of anilines is 1. The number of hydrazine groups is 1. The van der Waals surface area contributed by atoms with Gasteiger partial charge in [-0.2, -0.15) is 0 Å². The summed E-state index contributed by atoms with van der Waals surface area (Å²) in [4.78, 5) is 23.9. The first-order valence-electron chi connectivity index (χ1n) is 8.39. The zero-order valence-corrected chi connectivity index (χ0v) is 14.6. The Morgan fingerprint density at radius 1 is 0.962 bits per heavy atom. The molecule has 0 fully saturated rings. The van der Waals surface area contributed by atoms with Crippen LogP contribution in [-0.2, 0) is 0 Å². The van der Waals surface area contributed by atoms with Crippen LogP contribution in [0.2, 0.25) is 0 Å². The number of carbonyl (C=O) groups excluding carboxylic acids is 1. The number of fused-ring (bicyclic) bond motifs is 1. The molecule has 2 heterocycles. The molecule has 0 bridgehead atoms. The molecule has 1 amide bonds. The summed E-state index contributed by atoms with van der Waals surface area (Å²) in [6, 6.07) is 17.4. The van der Waals surface area contributed by atoms with Crippen molar-refractivity contribution < 1.29 is 4.79 Å². The average Bonchev–Trinajstić information content (AvgIpc) is 3.21. The van der Waals surface area contributed by atoms with Crippen molar-refractivity contribution in [3.8, 4) is 11.5 Å². The first kappa shape index (κ1) is 16.0. The van der Waals surface area contributed by atoms with Crippen molar-refractivity contribution in [1.82, 2.24) is 20.4 Å². The van der Waals surface area contributed by atoms with Crippen LogP contribution in [0, 0.1) is 13.8 Å². The summed E-state index contributed by atoms with van der Waals surface area (Å²) in [7, 11) is 0. The number of para-hydroxylation sites is 3. The number of rotatable bonds is 4. The largest absolute Gasteiger partial charge is 0.355 e. The van der Waals surface area contributed by atoms with E-state index >= 15 is 0 Å². The smallest absolute Gasteiger partial charge is 0.271 e. The van der Waals surface area contributed by atoms with E-state index in [1.54, 1.807) is 0 Å². The number of aromatic nitrogens is 3. The molecule has 0 spiro atoms. The summed E-state index contributed by atoms with van der Waals surface area (Å²) < 4.78 is 0. The molecule has 6 heteroatoms. The van der Waals surface area contributed by atoms with E-state index in [2.05, 4.69) is 25.8 Å². The number of nitrogens with zero attached hydrogens (tertiary/aromatic N) is 1. The summed E-state index contributed by atoms with van der Waals surface area (Å²) >= 11 is 0. The summed E-state index contributed by atoms with van der Waals surface area (Å²) in [6.45, 7) is 3.81. The Morgan fingerprint density at radius 2 is 1.69 bits per heavy atom. The molecule has 2 aromatic carbocycles. The molecule has 0 aliphatic carbocycles. The van der Waals surface area contributed by atoms with Gasteiger partial charge in [-0.15, -0.1) is 0 Å². The first-order chi connectivity index (χ1) is 12.6. The van der Waals surface area contributed by atoms with Gasteiger partial charge in [-0.3, -0.25) is 15.6 Å². The zero-order valence-electron chi connectivity index (χ0n) is 14.6. The standard InChI is InChI=1S/C20H19N5O/c1-12-17(20(26)25-24-14-8-4-3-5-9-14)13(2)21-18(12)19-22-15-10-6-7-11-16(15)23-19/h3-11,21,24H,1-2H3,(H,22,23)(H,25,26). The topological polar surface area (TPSA) is 85.6 Å². The summed E-state index contributed by atoms with van der Waals surface area (Å²) in [5.41, 5.74) is 11.5. The minimum atomic E-state index is -0.192. The second-order valence-corrected chi connectivity index (χ2v) is 6.17. The fourth-order valence-corrected chi connectivity index (χ4v) is 3.11. The predicted octanol–water partition coefficient (Wildman–Crippen LogP) is 3.93. The third-order valence-electron chi connectivity index (χ3n) is 4.38. The molecular weight excluding hydrogens is 326 g/mol. The maximum Gasteiger partial charge on any atom is 0.271 e. The SMILES string of the molecule is Cc1[nH]c(-c2nc3ccccc3[nH]2)c(C)c1C(=O)NNc1ccccc1. The number of imidazole rings is 1. The Bertz CT molecular complexity index is 1050. The van der Waals surface area contributed by atoms with E-state index in [0.717, 1.165) is 39.5 Å². The molecular formula is C20H19N5O. The van der Waals surface area contributed by atoms with Gasteiger partial charge in [0.25, 0.3) is 5.91 Å². The maximum atomic E-state index is 12.7. The first-order valence-corrected chi connectivity index (χ1v) is 8.39. The van der Waals surface area contributed by atoms with Crippen molar-refractivity contribution in [2.75, 3.05) is 5.43 Å². The third-order valence-corrected chi connectivity index (χ3v) is 4.38. The van der Waals surface area contributed by atoms with Crippen molar-refractivity contribution >= 4 is 22.6 Å². The van der Waals surface area contributed by atoms with E-state index in [1.165, 1.54) is 0 Å². The number of carbonyl (C=O) groups is 1. The second-order valence-electron chi connectivity index (χ2n) is 6.17. The highest BCUT2D eigenvalue weighted by Crippen LogP contribution is 2.27. The van der Waals surface area contributed by atoms with Crippen LogP contribution in [0.3, 0.4) is 0 Å². The zero-order chi connectivity index (χ0) is 18.1. The van der Waals surface area contributed by atoms with Gasteiger partial charge < -0.3 is 9.97 Å². The van der Waals surface area contributed by atoms with E-state index in [0.29, 0.717) is 5.56 Å². The minimum Gasteiger partial charge on any atom is -0.355 e. The molecule has 4 aromatic rings. The molecule has 0 aliphatic rings. The van der Waals surface area contributed by atoms with Gasteiger partial charge >= 0.3 is 0 Å². The fraction of sp³-hybridized carbons (Fsp3) is 0.100. The molecule has 4 N–H and O–H groups in total. The number of hydrogen-bond donors (Lipinski definition) is 4. The lowest BCUT2D eigenvalue weighted by molar-refractivity contribution is 0.0961. The average molecular weight is 345 g/mol. The van der Waals surface area contributed by atoms with E-state index in [1.807, 2.05) is 68.4 Å². The van der Waals surface area contributed by atoms with Crippen molar-refractivity contribution in [2.24, 2.45) is 0 Å². The highest BCUT2D eigenvalue weighted by atomic mass is 16.2. The number of aryl methyl sites for hydroxylation is 1. The van der Waals surface area contributed by atoms with Crippen LogP contribution in [0.1, 0.15) is 21.6 Å². The van der Waals surface area contributed by atoms with Crippen molar-refractivity contribution in [1.29, 1.82) is 0 Å². The van der Waals surface area contributed by atoms with Crippen molar-refractivity contribution in [3.05, 3.63) is 71.4 Å². The highest BCUT2D eigenvalue weighted by molar-refractivity contribution is 5.99. The molecule has 0 atom stereocenters. The Balaban J connectivity index is 1.62. The fourth-order valence-electron chi connectivity index (χ4n) is 3.11. The molecule has 2 aromatic heterocycles. The summed E-state index contributed by atoms with van der Waals surface area (Å²) in [5.74, 6) is 0.532. The summed E-state index contributed by atoms with van der Waals surface area (Å²) in [5, 5.41) is 0. The molecule has 0 saturated heterocycles. The van der Waals surface area contributed by atoms with Crippen LogP contribution in [0.4, 0.5) is 5.69 Å².